The van der Waals surface area contributed by atoms with Crippen molar-refractivity contribution < 1.29 is 14.1 Å². The van der Waals surface area contributed by atoms with E-state index in [-0.39, 0.29) is 11.4 Å². The zero-order chi connectivity index (χ0) is 14.8. The zero-order valence-electron chi connectivity index (χ0n) is 10.7. The van der Waals surface area contributed by atoms with E-state index in [1.54, 1.807) is 30.5 Å². The summed E-state index contributed by atoms with van der Waals surface area (Å²) in [5.41, 5.74) is 0.483. The third kappa shape index (κ3) is 2.64. The highest BCUT2D eigenvalue weighted by molar-refractivity contribution is 5.79. The Hall–Kier alpha value is -3.02. The zero-order valence-corrected chi connectivity index (χ0v) is 10.7. The molecule has 3 rings (SSSR count). The van der Waals surface area contributed by atoms with Crippen molar-refractivity contribution in [3.63, 3.8) is 0 Å². The van der Waals surface area contributed by atoms with E-state index in [9.17, 15) is 14.5 Å². The minimum Gasteiger partial charge on any atom is -0.454 e. The molecular formula is C15H9FN2O3. The van der Waals surface area contributed by atoms with Crippen LogP contribution in [-0.2, 0) is 0 Å². The van der Waals surface area contributed by atoms with Gasteiger partial charge in [-0.3, -0.25) is 15.1 Å². The number of aromatic nitrogens is 1. The molecule has 0 atom stereocenters. The quantitative estimate of drug-likeness (QED) is 0.537. The van der Waals surface area contributed by atoms with Gasteiger partial charge >= 0.3 is 0 Å². The first-order valence-corrected chi connectivity index (χ1v) is 6.10. The van der Waals surface area contributed by atoms with Gasteiger partial charge in [0.25, 0.3) is 5.69 Å². The Kier molecular flexibility index (Phi) is 3.19. The van der Waals surface area contributed by atoms with Crippen molar-refractivity contribution in [1.82, 2.24) is 4.98 Å². The lowest BCUT2D eigenvalue weighted by Crippen LogP contribution is -1.92. The van der Waals surface area contributed by atoms with Crippen molar-refractivity contribution in [2.24, 2.45) is 0 Å². The van der Waals surface area contributed by atoms with Crippen molar-refractivity contribution in [2.75, 3.05) is 0 Å². The van der Waals surface area contributed by atoms with Gasteiger partial charge in [0, 0.05) is 17.6 Å². The Balaban J connectivity index is 1.93. The van der Waals surface area contributed by atoms with E-state index < -0.39 is 10.7 Å². The Bertz CT molecular complexity index is 836. The Morgan fingerprint density at radius 3 is 2.76 bits per heavy atom. The van der Waals surface area contributed by atoms with Crippen molar-refractivity contribution in [2.45, 2.75) is 0 Å². The van der Waals surface area contributed by atoms with E-state index in [1.807, 2.05) is 6.07 Å². The summed E-state index contributed by atoms with van der Waals surface area (Å²) < 4.78 is 19.2. The molecular weight excluding hydrogens is 275 g/mol. The van der Waals surface area contributed by atoms with Crippen LogP contribution in [0.1, 0.15) is 0 Å². The molecule has 0 amide bonds. The number of nitro benzene ring substituents is 1. The number of pyridine rings is 1. The molecule has 2 aromatic carbocycles. The van der Waals surface area contributed by atoms with Gasteiger partial charge in [0.15, 0.2) is 11.6 Å². The third-order valence-corrected chi connectivity index (χ3v) is 2.93. The molecule has 0 aliphatic rings. The van der Waals surface area contributed by atoms with E-state index in [1.165, 1.54) is 12.1 Å². The van der Waals surface area contributed by atoms with Gasteiger partial charge < -0.3 is 4.74 Å². The van der Waals surface area contributed by atoms with Gasteiger partial charge in [0.1, 0.15) is 5.75 Å². The molecule has 0 unspecified atom stereocenters. The second-order valence-electron chi connectivity index (χ2n) is 4.33. The normalized spacial score (nSPS) is 10.5. The molecule has 0 aliphatic heterocycles. The maximum absolute atomic E-state index is 13.8. The number of benzene rings is 2. The first-order valence-electron chi connectivity index (χ1n) is 6.10. The summed E-state index contributed by atoms with van der Waals surface area (Å²) in [5.74, 6) is -0.414. The van der Waals surface area contributed by atoms with Crippen molar-refractivity contribution in [3.8, 4) is 11.5 Å². The van der Waals surface area contributed by atoms with E-state index in [0.717, 1.165) is 17.0 Å². The number of nitro groups is 1. The van der Waals surface area contributed by atoms with Gasteiger partial charge in [0.05, 0.1) is 16.5 Å². The van der Waals surface area contributed by atoms with E-state index in [0.29, 0.717) is 5.75 Å². The standard InChI is InChI=1S/C15H9FN2O3/c16-13-9-11(18(19)20)3-6-15(13)21-12-4-5-14-10(8-12)2-1-7-17-14/h1-9H. The van der Waals surface area contributed by atoms with Gasteiger partial charge in [-0.25, -0.2) is 4.39 Å². The Morgan fingerprint density at radius 2 is 2.00 bits per heavy atom. The smallest absolute Gasteiger partial charge is 0.272 e. The highest BCUT2D eigenvalue weighted by atomic mass is 19.1. The molecule has 1 aromatic heterocycles. The van der Waals surface area contributed by atoms with Gasteiger partial charge in [-0.2, -0.15) is 0 Å². The topological polar surface area (TPSA) is 65.3 Å². The maximum Gasteiger partial charge on any atom is 0.272 e. The van der Waals surface area contributed by atoms with Crippen LogP contribution in [0.15, 0.2) is 54.7 Å². The molecule has 5 nitrogen and oxygen atoms in total. The molecule has 21 heavy (non-hydrogen) atoms. The fourth-order valence-electron chi connectivity index (χ4n) is 1.93. The monoisotopic (exact) mass is 284 g/mol. The van der Waals surface area contributed by atoms with Gasteiger partial charge in [-0.1, -0.05) is 6.07 Å². The lowest BCUT2D eigenvalue weighted by atomic mass is 10.2. The first-order chi connectivity index (χ1) is 10.1. The van der Waals surface area contributed by atoms with Gasteiger partial charge in [0.2, 0.25) is 0 Å². The number of ether oxygens (including phenoxy) is 1. The summed E-state index contributed by atoms with van der Waals surface area (Å²) in [7, 11) is 0. The average molecular weight is 284 g/mol. The maximum atomic E-state index is 13.8. The lowest BCUT2D eigenvalue weighted by Gasteiger charge is -2.07. The number of hydrogen-bond acceptors (Lipinski definition) is 4. The molecule has 3 aromatic rings. The minimum absolute atomic E-state index is 0.0659. The van der Waals surface area contributed by atoms with E-state index in [2.05, 4.69) is 4.98 Å². The predicted octanol–water partition coefficient (Wildman–Crippen LogP) is 4.07. The van der Waals surface area contributed by atoms with Crippen molar-refractivity contribution in [1.29, 1.82) is 0 Å². The van der Waals surface area contributed by atoms with Crippen LogP contribution in [0.25, 0.3) is 10.9 Å². The number of halogens is 1. The Morgan fingerprint density at radius 1 is 1.14 bits per heavy atom. The lowest BCUT2D eigenvalue weighted by molar-refractivity contribution is -0.385. The van der Waals surface area contributed by atoms with Crippen molar-refractivity contribution in [3.05, 3.63) is 70.7 Å². The van der Waals surface area contributed by atoms with Crippen LogP contribution in [0.2, 0.25) is 0 Å². The predicted molar refractivity (Wildman–Crippen MR) is 74.9 cm³/mol. The number of non-ortho nitro benzene ring substituents is 1. The molecule has 0 N–H and O–H groups in total. The van der Waals surface area contributed by atoms with Crippen LogP contribution in [0, 0.1) is 15.9 Å². The van der Waals surface area contributed by atoms with Crippen LogP contribution < -0.4 is 4.74 Å². The average Bonchev–Trinajstić information content (AvgIpc) is 2.49. The molecule has 0 bridgehead atoms. The molecule has 0 aliphatic carbocycles. The van der Waals surface area contributed by atoms with Crippen LogP contribution in [-0.4, -0.2) is 9.91 Å². The minimum atomic E-state index is -0.782. The van der Waals surface area contributed by atoms with Crippen LogP contribution in [0.3, 0.4) is 0 Å². The van der Waals surface area contributed by atoms with Crippen molar-refractivity contribution >= 4 is 16.6 Å². The fraction of sp³-hybridized carbons (Fsp3) is 0. The third-order valence-electron chi connectivity index (χ3n) is 2.93. The molecule has 104 valence electrons. The Labute approximate surface area is 118 Å². The largest absolute Gasteiger partial charge is 0.454 e. The van der Waals surface area contributed by atoms with Gasteiger partial charge in [-0.15, -0.1) is 0 Å². The molecule has 0 saturated heterocycles. The molecule has 0 spiro atoms. The summed E-state index contributed by atoms with van der Waals surface area (Å²) in [6.45, 7) is 0. The molecule has 0 saturated carbocycles. The molecule has 1 heterocycles. The summed E-state index contributed by atoms with van der Waals surface area (Å²) in [4.78, 5) is 14.1. The highest BCUT2D eigenvalue weighted by Gasteiger charge is 2.12. The number of nitrogens with zero attached hydrogens (tertiary/aromatic N) is 2. The number of rotatable bonds is 3. The van der Waals surface area contributed by atoms with Crippen LogP contribution in [0.4, 0.5) is 10.1 Å². The van der Waals surface area contributed by atoms with Crippen LogP contribution >= 0.6 is 0 Å². The molecule has 0 radical (unpaired) electrons. The van der Waals surface area contributed by atoms with Gasteiger partial charge in [-0.05, 0) is 30.3 Å². The summed E-state index contributed by atoms with van der Waals surface area (Å²) in [6, 6.07) is 12.1. The SMILES string of the molecule is O=[N+]([O-])c1ccc(Oc2ccc3ncccc3c2)c(F)c1. The fourth-order valence-corrected chi connectivity index (χ4v) is 1.93. The number of fused-ring (bicyclic) bond motifs is 1. The second-order valence-corrected chi connectivity index (χ2v) is 4.33. The molecule has 0 fully saturated rings. The highest BCUT2D eigenvalue weighted by Crippen LogP contribution is 2.29. The molecule has 6 heteroatoms. The summed E-state index contributed by atoms with van der Waals surface area (Å²) in [5, 5.41) is 11.4. The second kappa shape index (κ2) is 5.16. The van der Waals surface area contributed by atoms with Crippen LogP contribution in [0.5, 0.6) is 11.5 Å². The first kappa shape index (κ1) is 13.0. The summed E-state index contributed by atoms with van der Waals surface area (Å²) in [6.07, 6.45) is 1.68. The number of hydrogen-bond donors (Lipinski definition) is 0. The van der Waals surface area contributed by atoms with E-state index >= 15 is 0 Å². The van der Waals surface area contributed by atoms with E-state index in [4.69, 9.17) is 4.74 Å². The summed E-state index contributed by atoms with van der Waals surface area (Å²) >= 11 is 0.